The lowest BCUT2D eigenvalue weighted by atomic mass is 10.2. The summed E-state index contributed by atoms with van der Waals surface area (Å²) < 4.78 is 4.98. The molecule has 1 aromatic carbocycles. The predicted molar refractivity (Wildman–Crippen MR) is 48.9 cm³/mol. The van der Waals surface area contributed by atoms with Gasteiger partial charge in [0.2, 0.25) is 0 Å². The lowest BCUT2D eigenvalue weighted by Gasteiger charge is -2.04. The van der Waals surface area contributed by atoms with Crippen LogP contribution in [0.4, 0.5) is 0 Å². The van der Waals surface area contributed by atoms with Gasteiger partial charge in [-0.05, 0) is 17.7 Å². The lowest BCUT2D eigenvalue weighted by molar-refractivity contribution is 0.414. The molecule has 0 heterocycles. The van der Waals surface area contributed by atoms with Crippen LogP contribution in [-0.4, -0.2) is 7.11 Å². The second-order valence-electron chi connectivity index (χ2n) is 2.22. The van der Waals surface area contributed by atoms with Crippen LogP contribution in [0.1, 0.15) is 10.9 Å². The molecule has 1 atom stereocenters. The number of nitrogens with two attached hydrogens (primary N) is 1. The van der Waals surface area contributed by atoms with Gasteiger partial charge in [-0.25, -0.2) is 0 Å². The van der Waals surface area contributed by atoms with Gasteiger partial charge in [0.25, 0.3) is 0 Å². The summed E-state index contributed by atoms with van der Waals surface area (Å²) in [5.74, 6) is 0.836. The average molecular weight is 169 g/mol. The Labute approximate surface area is 71.8 Å². The molecule has 2 N–H and O–H groups in total. The zero-order chi connectivity index (χ0) is 8.27. The maximum atomic E-state index is 5.53. The first-order valence-corrected chi connectivity index (χ1v) is 3.83. The van der Waals surface area contributed by atoms with Crippen molar-refractivity contribution in [3.05, 3.63) is 29.8 Å². The molecule has 0 aliphatic carbocycles. The van der Waals surface area contributed by atoms with Crippen molar-refractivity contribution in [2.75, 3.05) is 7.11 Å². The molecule has 2 nitrogen and oxygen atoms in total. The lowest BCUT2D eigenvalue weighted by Crippen LogP contribution is -2.01. The minimum absolute atomic E-state index is 0.207. The maximum absolute atomic E-state index is 5.53. The third-order valence-corrected chi connectivity index (χ3v) is 1.76. The summed E-state index contributed by atoms with van der Waals surface area (Å²) in [5.41, 5.74) is 6.52. The second kappa shape index (κ2) is 3.64. The number of hydrogen-bond donors (Lipinski definition) is 2. The third-order valence-electron chi connectivity index (χ3n) is 1.46. The van der Waals surface area contributed by atoms with Crippen molar-refractivity contribution in [2.24, 2.45) is 5.73 Å². The smallest absolute Gasteiger partial charge is 0.118 e. The number of rotatable bonds is 2. The minimum atomic E-state index is -0.207. The molecule has 0 bridgehead atoms. The monoisotopic (exact) mass is 169 g/mol. The molecule has 0 aromatic heterocycles. The topological polar surface area (TPSA) is 35.2 Å². The maximum Gasteiger partial charge on any atom is 0.118 e. The van der Waals surface area contributed by atoms with E-state index in [4.69, 9.17) is 10.5 Å². The standard InChI is InChI=1S/C8H11NOS/c1-10-7-4-2-6(3-5-7)8(9)11/h2-5,8,11H,9H2,1H3. The Hall–Kier alpha value is -0.670. The fourth-order valence-electron chi connectivity index (χ4n) is 0.801. The molecule has 0 aliphatic heterocycles. The van der Waals surface area contributed by atoms with Crippen molar-refractivity contribution in [1.82, 2.24) is 0 Å². The van der Waals surface area contributed by atoms with Crippen LogP contribution >= 0.6 is 12.6 Å². The predicted octanol–water partition coefficient (Wildman–Crippen LogP) is 1.58. The quantitative estimate of drug-likeness (QED) is 0.521. The highest BCUT2D eigenvalue weighted by Gasteiger charge is 1.98. The van der Waals surface area contributed by atoms with Crippen LogP contribution in [0.25, 0.3) is 0 Å². The first kappa shape index (κ1) is 8.43. The zero-order valence-corrected chi connectivity index (χ0v) is 7.21. The van der Waals surface area contributed by atoms with E-state index in [9.17, 15) is 0 Å². The van der Waals surface area contributed by atoms with E-state index in [1.807, 2.05) is 24.3 Å². The molecule has 1 rings (SSSR count). The van der Waals surface area contributed by atoms with E-state index in [2.05, 4.69) is 12.6 Å². The molecule has 1 unspecified atom stereocenters. The summed E-state index contributed by atoms with van der Waals surface area (Å²) >= 11 is 4.09. The van der Waals surface area contributed by atoms with Crippen LogP contribution in [0.3, 0.4) is 0 Å². The van der Waals surface area contributed by atoms with Crippen molar-refractivity contribution < 1.29 is 4.74 Å². The van der Waals surface area contributed by atoms with Crippen LogP contribution in [-0.2, 0) is 0 Å². The van der Waals surface area contributed by atoms with E-state index in [0.29, 0.717) is 0 Å². The van der Waals surface area contributed by atoms with Gasteiger partial charge < -0.3 is 10.5 Å². The number of benzene rings is 1. The highest BCUT2D eigenvalue weighted by Crippen LogP contribution is 2.17. The van der Waals surface area contributed by atoms with Crippen molar-refractivity contribution in [3.8, 4) is 5.75 Å². The van der Waals surface area contributed by atoms with Gasteiger partial charge in [-0.2, -0.15) is 12.6 Å². The molecule has 60 valence electrons. The summed E-state index contributed by atoms with van der Waals surface area (Å²) in [4.78, 5) is 0. The molecule has 0 saturated heterocycles. The Balaban J connectivity index is 2.83. The van der Waals surface area contributed by atoms with Crippen molar-refractivity contribution >= 4 is 12.6 Å². The Morgan fingerprint density at radius 1 is 1.36 bits per heavy atom. The van der Waals surface area contributed by atoms with Crippen LogP contribution in [0.2, 0.25) is 0 Å². The normalized spacial score (nSPS) is 12.6. The number of methoxy groups -OCH3 is 1. The van der Waals surface area contributed by atoms with Crippen LogP contribution in [0.5, 0.6) is 5.75 Å². The van der Waals surface area contributed by atoms with Crippen molar-refractivity contribution in [1.29, 1.82) is 0 Å². The number of hydrogen-bond acceptors (Lipinski definition) is 3. The third kappa shape index (κ3) is 2.13. The van der Waals surface area contributed by atoms with E-state index in [1.54, 1.807) is 7.11 Å². The SMILES string of the molecule is COc1ccc(C(N)S)cc1. The molecule has 11 heavy (non-hydrogen) atoms. The summed E-state index contributed by atoms with van der Waals surface area (Å²) in [6, 6.07) is 7.53. The Morgan fingerprint density at radius 3 is 2.27 bits per heavy atom. The summed E-state index contributed by atoms with van der Waals surface area (Å²) in [5, 5.41) is -0.207. The van der Waals surface area contributed by atoms with Crippen molar-refractivity contribution in [3.63, 3.8) is 0 Å². The Kier molecular flexibility index (Phi) is 2.79. The van der Waals surface area contributed by atoms with Gasteiger partial charge in [0.15, 0.2) is 0 Å². The summed E-state index contributed by atoms with van der Waals surface area (Å²) in [6.07, 6.45) is 0. The van der Waals surface area contributed by atoms with Gasteiger partial charge in [0.1, 0.15) is 5.75 Å². The summed E-state index contributed by atoms with van der Waals surface area (Å²) in [6.45, 7) is 0. The second-order valence-corrected chi connectivity index (χ2v) is 2.77. The molecule has 0 spiro atoms. The molecule has 0 fully saturated rings. The van der Waals surface area contributed by atoms with E-state index in [1.165, 1.54) is 0 Å². The molecule has 3 heteroatoms. The van der Waals surface area contributed by atoms with E-state index in [-0.39, 0.29) is 5.37 Å². The van der Waals surface area contributed by atoms with Crippen molar-refractivity contribution in [2.45, 2.75) is 5.37 Å². The Bertz CT molecular complexity index is 220. The molecule has 0 amide bonds. The average Bonchev–Trinajstić information content (AvgIpc) is 2.05. The van der Waals surface area contributed by atoms with Gasteiger partial charge in [-0.3, -0.25) is 0 Å². The molecule has 0 radical (unpaired) electrons. The summed E-state index contributed by atoms with van der Waals surface area (Å²) in [7, 11) is 1.63. The Morgan fingerprint density at radius 2 is 1.91 bits per heavy atom. The van der Waals surface area contributed by atoms with E-state index in [0.717, 1.165) is 11.3 Å². The van der Waals surface area contributed by atoms with Crippen LogP contribution < -0.4 is 10.5 Å². The molecular weight excluding hydrogens is 158 g/mol. The molecule has 1 aromatic rings. The fourth-order valence-corrected chi connectivity index (χ4v) is 0.973. The first-order chi connectivity index (χ1) is 5.24. The van der Waals surface area contributed by atoms with Crippen LogP contribution in [0.15, 0.2) is 24.3 Å². The molecular formula is C8H11NOS. The first-order valence-electron chi connectivity index (χ1n) is 3.31. The van der Waals surface area contributed by atoms with E-state index < -0.39 is 0 Å². The highest BCUT2D eigenvalue weighted by molar-refractivity contribution is 7.80. The van der Waals surface area contributed by atoms with Gasteiger partial charge in [-0.15, -0.1) is 0 Å². The highest BCUT2D eigenvalue weighted by atomic mass is 32.1. The fraction of sp³-hybridized carbons (Fsp3) is 0.250. The minimum Gasteiger partial charge on any atom is -0.497 e. The van der Waals surface area contributed by atoms with Gasteiger partial charge in [0.05, 0.1) is 12.5 Å². The van der Waals surface area contributed by atoms with Gasteiger partial charge in [0, 0.05) is 0 Å². The zero-order valence-electron chi connectivity index (χ0n) is 6.32. The van der Waals surface area contributed by atoms with Crippen LogP contribution in [0, 0.1) is 0 Å². The molecule has 0 saturated carbocycles. The van der Waals surface area contributed by atoms with Gasteiger partial charge in [-0.1, -0.05) is 12.1 Å². The molecule has 0 aliphatic rings. The van der Waals surface area contributed by atoms with E-state index >= 15 is 0 Å². The number of ether oxygens (including phenoxy) is 1. The largest absolute Gasteiger partial charge is 0.497 e. The van der Waals surface area contributed by atoms with Gasteiger partial charge >= 0.3 is 0 Å². The number of thiol groups is 1.